The molecule has 2 aromatic heterocycles. The highest BCUT2D eigenvalue weighted by Gasteiger charge is 2.19. The van der Waals surface area contributed by atoms with Crippen LogP contribution in [0.4, 0.5) is 5.82 Å². The summed E-state index contributed by atoms with van der Waals surface area (Å²) in [7, 11) is 0. The lowest BCUT2D eigenvalue weighted by Crippen LogP contribution is -2.41. The lowest BCUT2D eigenvalue weighted by atomic mass is 10.2. The summed E-state index contributed by atoms with van der Waals surface area (Å²) in [5, 5.41) is 12.8. The van der Waals surface area contributed by atoms with E-state index in [9.17, 15) is 14.7 Å². The maximum atomic E-state index is 13.2. The van der Waals surface area contributed by atoms with Gasteiger partial charge in [0.15, 0.2) is 5.82 Å². The number of benzene rings is 1. The van der Waals surface area contributed by atoms with Crippen molar-refractivity contribution in [3.8, 4) is 0 Å². The molecule has 1 aliphatic heterocycles. The van der Waals surface area contributed by atoms with E-state index in [0.717, 1.165) is 0 Å². The monoisotopic (exact) mass is 426 g/mol. The van der Waals surface area contributed by atoms with Crippen molar-refractivity contribution in [2.75, 3.05) is 37.7 Å². The van der Waals surface area contributed by atoms with E-state index in [1.807, 2.05) is 29.2 Å². The highest BCUT2D eigenvalue weighted by atomic mass is 16.5. The van der Waals surface area contributed by atoms with Crippen LogP contribution in [0.1, 0.15) is 24.7 Å². The molecule has 0 bridgehead atoms. The highest BCUT2D eigenvalue weighted by Crippen LogP contribution is 2.17. The van der Waals surface area contributed by atoms with Crippen molar-refractivity contribution in [1.82, 2.24) is 14.9 Å². The van der Waals surface area contributed by atoms with E-state index in [1.165, 1.54) is 6.26 Å². The van der Waals surface area contributed by atoms with E-state index in [-0.39, 0.29) is 24.4 Å². The fraction of sp³-hybridized carbons (Fsp3) is 0.409. The molecule has 0 saturated carbocycles. The van der Waals surface area contributed by atoms with Crippen LogP contribution in [-0.2, 0) is 16.1 Å². The number of carbonyl (C=O) groups excluding carboxylic acids is 1. The van der Waals surface area contributed by atoms with Crippen LogP contribution >= 0.6 is 0 Å². The van der Waals surface area contributed by atoms with E-state index in [4.69, 9.17) is 9.15 Å². The predicted molar refractivity (Wildman–Crippen MR) is 115 cm³/mol. The van der Waals surface area contributed by atoms with Crippen LogP contribution in [0, 0.1) is 0 Å². The van der Waals surface area contributed by atoms with E-state index in [1.54, 1.807) is 16.7 Å². The molecular formula is C22H26N4O5. The number of anilines is 1. The Labute approximate surface area is 179 Å². The van der Waals surface area contributed by atoms with Gasteiger partial charge in [-0.3, -0.25) is 9.59 Å². The molecule has 1 saturated heterocycles. The largest absolute Gasteiger partial charge is 0.467 e. The second-order valence-electron chi connectivity index (χ2n) is 7.40. The number of fused-ring (bicyclic) bond motifs is 1. The number of rotatable bonds is 8. The molecule has 9 heteroatoms. The summed E-state index contributed by atoms with van der Waals surface area (Å²) >= 11 is 0. The van der Waals surface area contributed by atoms with Gasteiger partial charge in [0.05, 0.1) is 30.5 Å². The van der Waals surface area contributed by atoms with Crippen LogP contribution in [0.25, 0.3) is 11.0 Å². The third kappa shape index (κ3) is 4.95. The molecule has 1 amide bonds. The SMILES string of the molecule is O=C(CCn1c(=O)c(N2CCOCC2)nc2ccccc21)NCCC(O)c1ccco1. The van der Waals surface area contributed by atoms with Gasteiger partial charge in [-0.05, 0) is 30.7 Å². The molecule has 9 nitrogen and oxygen atoms in total. The average molecular weight is 426 g/mol. The Kier molecular flexibility index (Phi) is 6.63. The predicted octanol–water partition coefficient (Wildman–Crippen LogP) is 1.46. The quantitative estimate of drug-likeness (QED) is 0.561. The molecular weight excluding hydrogens is 400 g/mol. The van der Waals surface area contributed by atoms with Crippen molar-refractivity contribution >= 4 is 22.8 Å². The van der Waals surface area contributed by atoms with Crippen molar-refractivity contribution in [2.45, 2.75) is 25.5 Å². The van der Waals surface area contributed by atoms with Crippen molar-refractivity contribution < 1.29 is 19.1 Å². The van der Waals surface area contributed by atoms with Crippen molar-refractivity contribution in [3.63, 3.8) is 0 Å². The van der Waals surface area contributed by atoms with Gasteiger partial charge in [-0.25, -0.2) is 4.98 Å². The van der Waals surface area contributed by atoms with E-state index in [2.05, 4.69) is 10.3 Å². The molecule has 0 aliphatic carbocycles. The molecule has 164 valence electrons. The first kappa shape index (κ1) is 21.1. The number of aromatic nitrogens is 2. The number of aliphatic hydroxyl groups is 1. The minimum absolute atomic E-state index is 0.146. The van der Waals surface area contributed by atoms with Gasteiger partial charge in [0.25, 0.3) is 5.56 Å². The van der Waals surface area contributed by atoms with E-state index >= 15 is 0 Å². The zero-order valence-electron chi connectivity index (χ0n) is 17.2. The second-order valence-corrected chi connectivity index (χ2v) is 7.40. The molecule has 31 heavy (non-hydrogen) atoms. The molecule has 3 aromatic rings. The molecule has 0 radical (unpaired) electrons. The van der Waals surface area contributed by atoms with Gasteiger partial charge < -0.3 is 29.0 Å². The summed E-state index contributed by atoms with van der Waals surface area (Å²) in [6, 6.07) is 10.8. The summed E-state index contributed by atoms with van der Waals surface area (Å²) < 4.78 is 12.2. The number of hydrogen-bond donors (Lipinski definition) is 2. The topological polar surface area (TPSA) is 110 Å². The van der Waals surface area contributed by atoms with Crippen LogP contribution in [0.5, 0.6) is 0 Å². The number of carbonyl (C=O) groups is 1. The first-order valence-corrected chi connectivity index (χ1v) is 10.4. The number of aryl methyl sites for hydroxylation is 1. The lowest BCUT2D eigenvalue weighted by molar-refractivity contribution is -0.121. The fourth-order valence-corrected chi connectivity index (χ4v) is 3.66. The van der Waals surface area contributed by atoms with Crippen molar-refractivity contribution in [2.24, 2.45) is 0 Å². The minimum Gasteiger partial charge on any atom is -0.467 e. The standard InChI is InChI=1S/C22H26N4O5/c27-18(19-6-3-13-31-19)7-9-23-20(28)8-10-26-17-5-2-1-4-16(17)24-21(22(26)29)25-11-14-30-15-12-25/h1-6,13,18,27H,7-12,14-15H2,(H,23,28). The number of para-hydroxylation sites is 2. The van der Waals surface area contributed by atoms with Crippen molar-refractivity contribution in [1.29, 1.82) is 0 Å². The maximum absolute atomic E-state index is 13.2. The Morgan fingerprint density at radius 3 is 2.77 bits per heavy atom. The number of ether oxygens (including phenoxy) is 1. The molecule has 1 unspecified atom stereocenters. The fourth-order valence-electron chi connectivity index (χ4n) is 3.66. The third-order valence-corrected chi connectivity index (χ3v) is 5.32. The molecule has 0 spiro atoms. The van der Waals surface area contributed by atoms with Gasteiger partial charge in [0.2, 0.25) is 5.91 Å². The smallest absolute Gasteiger partial charge is 0.294 e. The minimum atomic E-state index is -0.766. The first-order valence-electron chi connectivity index (χ1n) is 10.4. The summed E-state index contributed by atoms with van der Waals surface area (Å²) in [5.41, 5.74) is 1.21. The normalized spacial score (nSPS) is 15.2. The second kappa shape index (κ2) is 9.76. The Morgan fingerprint density at radius 1 is 1.19 bits per heavy atom. The molecule has 4 rings (SSSR count). The Balaban J connectivity index is 1.43. The number of aliphatic hydroxyl groups excluding tert-OH is 1. The number of nitrogens with zero attached hydrogens (tertiary/aromatic N) is 3. The number of nitrogens with one attached hydrogen (secondary N) is 1. The van der Waals surface area contributed by atoms with Gasteiger partial charge >= 0.3 is 0 Å². The summed E-state index contributed by atoms with van der Waals surface area (Å²) in [6.07, 6.45) is 1.23. The van der Waals surface area contributed by atoms with Crippen LogP contribution in [-0.4, -0.2) is 53.4 Å². The molecule has 1 aromatic carbocycles. The van der Waals surface area contributed by atoms with Crippen LogP contribution in [0.2, 0.25) is 0 Å². The third-order valence-electron chi connectivity index (χ3n) is 5.32. The molecule has 1 atom stereocenters. The highest BCUT2D eigenvalue weighted by molar-refractivity contribution is 5.78. The Bertz CT molecular complexity index is 1070. The van der Waals surface area contributed by atoms with Crippen LogP contribution < -0.4 is 15.8 Å². The van der Waals surface area contributed by atoms with Crippen LogP contribution in [0.15, 0.2) is 51.9 Å². The number of hydrogen-bond acceptors (Lipinski definition) is 7. The lowest BCUT2D eigenvalue weighted by Gasteiger charge is -2.28. The summed E-state index contributed by atoms with van der Waals surface area (Å²) in [6.45, 7) is 2.88. The van der Waals surface area contributed by atoms with Crippen LogP contribution in [0.3, 0.4) is 0 Å². The van der Waals surface area contributed by atoms with Crippen molar-refractivity contribution in [3.05, 3.63) is 58.8 Å². The Hall–Kier alpha value is -3.17. The first-order chi connectivity index (χ1) is 15.1. The average Bonchev–Trinajstić information content (AvgIpc) is 3.34. The maximum Gasteiger partial charge on any atom is 0.294 e. The van der Waals surface area contributed by atoms with Gasteiger partial charge in [-0.2, -0.15) is 0 Å². The summed E-state index contributed by atoms with van der Waals surface area (Å²) in [4.78, 5) is 32.0. The summed E-state index contributed by atoms with van der Waals surface area (Å²) in [5.74, 6) is 0.677. The number of morpholine rings is 1. The zero-order valence-corrected chi connectivity index (χ0v) is 17.2. The van der Waals surface area contributed by atoms with Gasteiger partial charge in [0, 0.05) is 32.6 Å². The van der Waals surface area contributed by atoms with Gasteiger partial charge in [-0.1, -0.05) is 12.1 Å². The van der Waals surface area contributed by atoms with E-state index < -0.39 is 6.10 Å². The Morgan fingerprint density at radius 2 is 2.00 bits per heavy atom. The van der Waals surface area contributed by atoms with E-state index in [0.29, 0.717) is 61.9 Å². The zero-order chi connectivity index (χ0) is 21.6. The molecule has 2 N–H and O–H groups in total. The number of furan rings is 1. The molecule has 1 fully saturated rings. The van der Waals surface area contributed by atoms with Gasteiger partial charge in [0.1, 0.15) is 11.9 Å². The molecule has 3 heterocycles. The molecule has 1 aliphatic rings. The van der Waals surface area contributed by atoms with Gasteiger partial charge in [-0.15, -0.1) is 0 Å². The number of amides is 1.